The number of benzene rings is 1. The second-order valence-electron chi connectivity index (χ2n) is 4.09. The second kappa shape index (κ2) is 5.40. The summed E-state index contributed by atoms with van der Waals surface area (Å²) in [5.74, 6) is -1.66. The first-order valence-electron chi connectivity index (χ1n) is 5.70. The molecule has 0 atom stereocenters. The summed E-state index contributed by atoms with van der Waals surface area (Å²) in [5, 5.41) is 24.6. The van der Waals surface area contributed by atoms with Gasteiger partial charge in [-0.1, -0.05) is 0 Å². The minimum Gasteiger partial charge on any atom is -0.478 e. The molecular formula is C13H11FN4O2. The molecule has 0 aliphatic heterocycles. The fraction of sp³-hybridized carbons (Fsp3) is 0.154. The number of halogens is 1. The van der Waals surface area contributed by atoms with Gasteiger partial charge in [-0.05, 0) is 18.2 Å². The van der Waals surface area contributed by atoms with Gasteiger partial charge in [-0.15, -0.1) is 0 Å². The van der Waals surface area contributed by atoms with E-state index in [4.69, 9.17) is 10.4 Å². The summed E-state index contributed by atoms with van der Waals surface area (Å²) in [6.45, 7) is 0.203. The fourth-order valence-corrected chi connectivity index (χ4v) is 1.76. The maximum absolute atomic E-state index is 13.2. The van der Waals surface area contributed by atoms with Crippen LogP contribution in [0.2, 0.25) is 0 Å². The number of hydrogen-bond donors (Lipinski definition) is 2. The summed E-state index contributed by atoms with van der Waals surface area (Å²) in [6.07, 6.45) is 1.27. The van der Waals surface area contributed by atoms with Crippen molar-refractivity contribution in [1.29, 1.82) is 5.26 Å². The highest BCUT2D eigenvalue weighted by Crippen LogP contribution is 2.16. The van der Waals surface area contributed by atoms with Crippen LogP contribution in [-0.4, -0.2) is 20.9 Å². The van der Waals surface area contributed by atoms with E-state index in [1.165, 1.54) is 29.1 Å². The summed E-state index contributed by atoms with van der Waals surface area (Å²) < 4.78 is 14.6. The maximum atomic E-state index is 13.2. The molecule has 20 heavy (non-hydrogen) atoms. The maximum Gasteiger partial charge on any atom is 0.339 e. The molecule has 0 bridgehead atoms. The average molecular weight is 274 g/mol. The van der Waals surface area contributed by atoms with Gasteiger partial charge in [0.2, 0.25) is 0 Å². The number of aryl methyl sites for hydroxylation is 1. The SMILES string of the molecule is Cn1ncc(C(=O)O)c1CNc1ccc(F)c(C#N)c1. The Kier molecular flexibility index (Phi) is 3.66. The van der Waals surface area contributed by atoms with E-state index in [1.54, 1.807) is 13.1 Å². The lowest BCUT2D eigenvalue weighted by Gasteiger charge is -2.08. The molecule has 7 heteroatoms. The summed E-state index contributed by atoms with van der Waals surface area (Å²) in [4.78, 5) is 11.0. The number of nitriles is 1. The van der Waals surface area contributed by atoms with Gasteiger partial charge in [0.15, 0.2) is 0 Å². The van der Waals surface area contributed by atoms with Crippen LogP contribution in [0, 0.1) is 17.1 Å². The van der Waals surface area contributed by atoms with Gasteiger partial charge >= 0.3 is 5.97 Å². The molecule has 0 fully saturated rings. The molecule has 2 N–H and O–H groups in total. The van der Waals surface area contributed by atoms with Crippen LogP contribution in [0.1, 0.15) is 21.6 Å². The number of anilines is 1. The van der Waals surface area contributed by atoms with E-state index in [0.29, 0.717) is 11.4 Å². The first kappa shape index (κ1) is 13.5. The van der Waals surface area contributed by atoms with E-state index in [-0.39, 0.29) is 17.7 Å². The largest absolute Gasteiger partial charge is 0.478 e. The number of rotatable bonds is 4. The molecule has 0 radical (unpaired) electrons. The number of aromatic carboxylic acids is 1. The number of nitrogens with zero attached hydrogens (tertiary/aromatic N) is 3. The van der Waals surface area contributed by atoms with E-state index in [9.17, 15) is 9.18 Å². The predicted octanol–water partition coefficient (Wildman–Crippen LogP) is 1.74. The van der Waals surface area contributed by atoms with Crippen LogP contribution in [-0.2, 0) is 13.6 Å². The number of hydrogen-bond acceptors (Lipinski definition) is 4. The highest BCUT2D eigenvalue weighted by molar-refractivity contribution is 5.88. The standard InChI is InChI=1S/C13H11FN4O2/c1-18-12(10(6-17-18)13(19)20)7-16-9-2-3-11(14)8(4-9)5-15/h2-4,6,16H,7H2,1H3,(H,19,20). The van der Waals surface area contributed by atoms with Crippen molar-refractivity contribution < 1.29 is 14.3 Å². The Morgan fingerprint density at radius 2 is 2.35 bits per heavy atom. The second-order valence-corrected chi connectivity index (χ2v) is 4.09. The predicted molar refractivity (Wildman–Crippen MR) is 68.6 cm³/mol. The van der Waals surface area contributed by atoms with Gasteiger partial charge < -0.3 is 10.4 Å². The zero-order chi connectivity index (χ0) is 14.7. The van der Waals surface area contributed by atoms with Crippen LogP contribution in [0.15, 0.2) is 24.4 Å². The normalized spacial score (nSPS) is 10.1. The molecule has 1 aromatic carbocycles. The van der Waals surface area contributed by atoms with Crippen LogP contribution < -0.4 is 5.32 Å². The van der Waals surface area contributed by atoms with Crippen LogP contribution >= 0.6 is 0 Å². The Morgan fingerprint density at radius 1 is 1.60 bits per heavy atom. The first-order valence-corrected chi connectivity index (χ1v) is 5.70. The van der Waals surface area contributed by atoms with Crippen molar-refractivity contribution in [3.8, 4) is 6.07 Å². The van der Waals surface area contributed by atoms with Crippen molar-refractivity contribution in [3.63, 3.8) is 0 Å². The molecule has 0 spiro atoms. The van der Waals surface area contributed by atoms with Gasteiger partial charge in [0.05, 0.1) is 24.0 Å². The minimum absolute atomic E-state index is 0.0709. The van der Waals surface area contributed by atoms with E-state index >= 15 is 0 Å². The highest BCUT2D eigenvalue weighted by atomic mass is 19.1. The third-order valence-electron chi connectivity index (χ3n) is 2.84. The van der Waals surface area contributed by atoms with Crippen LogP contribution in [0.3, 0.4) is 0 Å². The number of carboxylic acids is 1. The highest BCUT2D eigenvalue weighted by Gasteiger charge is 2.14. The quantitative estimate of drug-likeness (QED) is 0.886. The summed E-state index contributed by atoms with van der Waals surface area (Å²) in [6, 6.07) is 5.77. The Hall–Kier alpha value is -2.88. The van der Waals surface area contributed by atoms with Gasteiger partial charge in [-0.25, -0.2) is 9.18 Å². The lowest BCUT2D eigenvalue weighted by atomic mass is 10.2. The molecule has 0 aliphatic rings. The minimum atomic E-state index is -1.06. The van der Waals surface area contributed by atoms with Crippen molar-refractivity contribution in [2.24, 2.45) is 7.05 Å². The Bertz CT molecular complexity index is 703. The smallest absolute Gasteiger partial charge is 0.339 e. The molecule has 0 unspecified atom stereocenters. The van der Waals surface area contributed by atoms with Gasteiger partial charge in [0, 0.05) is 12.7 Å². The van der Waals surface area contributed by atoms with E-state index < -0.39 is 11.8 Å². The van der Waals surface area contributed by atoms with E-state index in [1.807, 2.05) is 0 Å². The van der Waals surface area contributed by atoms with Gasteiger partial charge in [-0.3, -0.25) is 4.68 Å². The van der Waals surface area contributed by atoms with Crippen LogP contribution in [0.4, 0.5) is 10.1 Å². The van der Waals surface area contributed by atoms with Crippen LogP contribution in [0.25, 0.3) is 0 Å². The zero-order valence-corrected chi connectivity index (χ0v) is 10.6. The molecule has 0 amide bonds. The monoisotopic (exact) mass is 274 g/mol. The average Bonchev–Trinajstić information content (AvgIpc) is 2.79. The summed E-state index contributed by atoms with van der Waals surface area (Å²) >= 11 is 0. The number of carbonyl (C=O) groups is 1. The molecule has 1 heterocycles. The van der Waals surface area contributed by atoms with E-state index in [2.05, 4.69) is 10.4 Å². The first-order chi connectivity index (χ1) is 9.52. The lowest BCUT2D eigenvalue weighted by Crippen LogP contribution is -2.10. The third-order valence-corrected chi connectivity index (χ3v) is 2.84. The fourth-order valence-electron chi connectivity index (χ4n) is 1.76. The Balaban J connectivity index is 2.19. The Labute approximate surface area is 114 Å². The van der Waals surface area contributed by atoms with Crippen molar-refractivity contribution in [2.45, 2.75) is 6.54 Å². The Morgan fingerprint density at radius 3 is 3.00 bits per heavy atom. The number of aromatic nitrogens is 2. The molecule has 2 rings (SSSR count). The molecule has 0 saturated carbocycles. The summed E-state index contributed by atoms with van der Waals surface area (Å²) in [7, 11) is 1.63. The van der Waals surface area contributed by atoms with Crippen molar-refractivity contribution in [2.75, 3.05) is 5.32 Å². The summed E-state index contributed by atoms with van der Waals surface area (Å²) in [5.41, 5.74) is 1.04. The number of nitrogens with one attached hydrogen (secondary N) is 1. The van der Waals surface area contributed by atoms with Gasteiger partial charge in [0.1, 0.15) is 17.4 Å². The number of carboxylic acid groups (broad SMARTS) is 1. The van der Waals surface area contributed by atoms with Gasteiger partial charge in [-0.2, -0.15) is 10.4 Å². The van der Waals surface area contributed by atoms with Crippen molar-refractivity contribution >= 4 is 11.7 Å². The molecule has 6 nitrogen and oxygen atoms in total. The molecule has 0 aliphatic carbocycles. The molecule has 102 valence electrons. The molecule has 2 aromatic rings. The molecular weight excluding hydrogens is 263 g/mol. The molecule has 1 aromatic heterocycles. The van der Waals surface area contributed by atoms with Gasteiger partial charge in [0.25, 0.3) is 0 Å². The topological polar surface area (TPSA) is 90.9 Å². The lowest BCUT2D eigenvalue weighted by molar-refractivity contribution is 0.0695. The van der Waals surface area contributed by atoms with Crippen molar-refractivity contribution in [3.05, 3.63) is 47.0 Å². The third kappa shape index (κ3) is 2.59. The van der Waals surface area contributed by atoms with E-state index in [0.717, 1.165) is 0 Å². The molecule has 0 saturated heterocycles. The van der Waals surface area contributed by atoms with Crippen LogP contribution in [0.5, 0.6) is 0 Å². The zero-order valence-electron chi connectivity index (χ0n) is 10.6. The van der Waals surface area contributed by atoms with Crippen molar-refractivity contribution in [1.82, 2.24) is 9.78 Å².